The molecule has 20 heavy (non-hydrogen) atoms. The molecule has 0 bridgehead atoms. The van der Waals surface area contributed by atoms with E-state index >= 15 is 0 Å². The first-order valence-corrected chi connectivity index (χ1v) is 6.17. The van der Waals surface area contributed by atoms with E-state index < -0.39 is 30.4 Å². The van der Waals surface area contributed by atoms with Crippen molar-refractivity contribution in [2.45, 2.75) is 37.8 Å². The van der Waals surface area contributed by atoms with E-state index in [0.717, 1.165) is 12.8 Å². The van der Waals surface area contributed by atoms with Crippen molar-refractivity contribution in [1.29, 1.82) is 0 Å². The lowest BCUT2D eigenvalue weighted by Crippen LogP contribution is -2.47. The van der Waals surface area contributed by atoms with Gasteiger partial charge in [-0.2, -0.15) is 0 Å². The van der Waals surface area contributed by atoms with Gasteiger partial charge in [0.25, 0.3) is 0 Å². The van der Waals surface area contributed by atoms with Gasteiger partial charge in [-0.3, -0.25) is 9.59 Å². The van der Waals surface area contributed by atoms with Gasteiger partial charge in [-0.25, -0.2) is 9.59 Å². The minimum atomic E-state index is -1.51. The molecule has 9 nitrogen and oxygen atoms in total. The molecule has 1 atom stereocenters. The number of hydrogen-bond donors (Lipinski definition) is 5. The summed E-state index contributed by atoms with van der Waals surface area (Å²) >= 11 is 0. The summed E-state index contributed by atoms with van der Waals surface area (Å²) in [6, 6.07) is -2.09. The van der Waals surface area contributed by atoms with E-state index in [0.29, 0.717) is 0 Å². The number of hydrogen-bond acceptors (Lipinski definition) is 4. The Balaban J connectivity index is 2.21. The first-order chi connectivity index (χ1) is 9.38. The molecule has 5 N–H and O–H groups in total. The van der Waals surface area contributed by atoms with Crippen LogP contribution in [0.15, 0.2) is 0 Å². The Kier molecular flexibility index (Phi) is 5.75. The molecule has 0 aromatic rings. The second kappa shape index (κ2) is 7.31. The standard InChI is InChI=1S/C11H17N3O6/c15-8(13-6-1-2-6)3-4-12-11(20)14-7(10(18)19)5-9(16)17/h6-7H,1-5H2,(H,13,15)(H,16,17)(H,18,19)(H2,12,14,20). The van der Waals surface area contributed by atoms with Gasteiger partial charge in [0.15, 0.2) is 0 Å². The molecule has 0 heterocycles. The van der Waals surface area contributed by atoms with Gasteiger partial charge in [-0.1, -0.05) is 0 Å². The van der Waals surface area contributed by atoms with Crippen LogP contribution in [-0.2, 0) is 14.4 Å². The lowest BCUT2D eigenvalue weighted by molar-refractivity contribution is -0.145. The molecule has 1 saturated carbocycles. The van der Waals surface area contributed by atoms with Crippen molar-refractivity contribution >= 4 is 23.9 Å². The molecule has 0 aromatic carbocycles. The van der Waals surface area contributed by atoms with Crippen LogP contribution in [0.5, 0.6) is 0 Å². The number of carboxylic acid groups (broad SMARTS) is 2. The Labute approximate surface area is 114 Å². The molecule has 1 rings (SSSR count). The molecule has 9 heteroatoms. The average Bonchev–Trinajstić information content (AvgIpc) is 3.11. The topological polar surface area (TPSA) is 145 Å². The minimum Gasteiger partial charge on any atom is -0.481 e. The van der Waals surface area contributed by atoms with E-state index in [9.17, 15) is 19.2 Å². The van der Waals surface area contributed by atoms with E-state index in [2.05, 4.69) is 10.6 Å². The average molecular weight is 287 g/mol. The second-order valence-corrected chi connectivity index (χ2v) is 4.48. The van der Waals surface area contributed by atoms with Crippen LogP contribution in [0.4, 0.5) is 4.79 Å². The largest absolute Gasteiger partial charge is 0.481 e. The molecule has 0 spiro atoms. The second-order valence-electron chi connectivity index (χ2n) is 4.48. The maximum atomic E-state index is 11.3. The number of carbonyl (C=O) groups is 4. The van der Waals surface area contributed by atoms with Gasteiger partial charge in [0, 0.05) is 19.0 Å². The smallest absolute Gasteiger partial charge is 0.326 e. The number of carbonyl (C=O) groups excluding carboxylic acids is 2. The van der Waals surface area contributed by atoms with Gasteiger partial charge in [0.1, 0.15) is 6.04 Å². The van der Waals surface area contributed by atoms with Gasteiger partial charge in [-0.05, 0) is 12.8 Å². The summed E-state index contributed by atoms with van der Waals surface area (Å²) in [5.41, 5.74) is 0. The fourth-order valence-electron chi connectivity index (χ4n) is 1.40. The van der Waals surface area contributed by atoms with E-state index in [4.69, 9.17) is 10.2 Å². The van der Waals surface area contributed by atoms with Gasteiger partial charge >= 0.3 is 18.0 Å². The molecule has 112 valence electrons. The Morgan fingerprint density at radius 3 is 2.30 bits per heavy atom. The first kappa shape index (κ1) is 15.7. The highest BCUT2D eigenvalue weighted by molar-refractivity contribution is 5.86. The molecule has 1 aliphatic rings. The summed E-state index contributed by atoms with van der Waals surface area (Å²) in [4.78, 5) is 43.8. The van der Waals surface area contributed by atoms with Crippen molar-refractivity contribution in [1.82, 2.24) is 16.0 Å². The van der Waals surface area contributed by atoms with Crippen molar-refractivity contribution in [3.05, 3.63) is 0 Å². The zero-order valence-electron chi connectivity index (χ0n) is 10.7. The minimum absolute atomic E-state index is 0.0454. The van der Waals surface area contributed by atoms with Crippen LogP contribution in [0.25, 0.3) is 0 Å². The summed E-state index contributed by atoms with van der Waals surface area (Å²) < 4.78 is 0. The number of amides is 3. The molecule has 1 aliphatic carbocycles. The summed E-state index contributed by atoms with van der Waals surface area (Å²) in [5.74, 6) is -2.95. The van der Waals surface area contributed by atoms with Crippen molar-refractivity contribution in [3.8, 4) is 0 Å². The summed E-state index contributed by atoms with van der Waals surface area (Å²) in [5, 5.41) is 24.3. The van der Waals surface area contributed by atoms with Crippen molar-refractivity contribution < 1.29 is 29.4 Å². The number of aliphatic carboxylic acids is 2. The van der Waals surface area contributed by atoms with E-state index in [-0.39, 0.29) is 24.9 Å². The van der Waals surface area contributed by atoms with Gasteiger partial charge < -0.3 is 26.2 Å². The maximum Gasteiger partial charge on any atom is 0.326 e. The predicted octanol–water partition coefficient (Wildman–Crippen LogP) is -1.12. The van der Waals surface area contributed by atoms with Crippen LogP contribution in [0, 0.1) is 0 Å². The van der Waals surface area contributed by atoms with Gasteiger partial charge in [0.2, 0.25) is 5.91 Å². The fourth-order valence-corrected chi connectivity index (χ4v) is 1.40. The first-order valence-electron chi connectivity index (χ1n) is 6.17. The Morgan fingerprint density at radius 1 is 1.15 bits per heavy atom. The molecule has 1 fully saturated rings. The van der Waals surface area contributed by atoms with E-state index in [1.807, 2.05) is 5.32 Å². The quantitative estimate of drug-likeness (QED) is 0.382. The molecular formula is C11H17N3O6. The maximum absolute atomic E-state index is 11.3. The third-order valence-corrected chi connectivity index (χ3v) is 2.56. The zero-order chi connectivity index (χ0) is 15.1. The third-order valence-electron chi connectivity index (χ3n) is 2.56. The number of nitrogens with one attached hydrogen (secondary N) is 3. The molecular weight excluding hydrogens is 270 g/mol. The number of rotatable bonds is 8. The van der Waals surface area contributed by atoms with Crippen LogP contribution in [0.2, 0.25) is 0 Å². The van der Waals surface area contributed by atoms with Gasteiger partial charge in [0.05, 0.1) is 6.42 Å². The lowest BCUT2D eigenvalue weighted by atomic mass is 10.2. The molecule has 0 aliphatic heterocycles. The van der Waals surface area contributed by atoms with Crippen molar-refractivity contribution in [2.75, 3.05) is 6.54 Å². The molecule has 0 saturated heterocycles. The van der Waals surface area contributed by atoms with E-state index in [1.165, 1.54) is 0 Å². The van der Waals surface area contributed by atoms with Crippen LogP contribution in [0.1, 0.15) is 25.7 Å². The van der Waals surface area contributed by atoms with Gasteiger partial charge in [-0.15, -0.1) is 0 Å². The van der Waals surface area contributed by atoms with Crippen molar-refractivity contribution in [3.63, 3.8) is 0 Å². The van der Waals surface area contributed by atoms with E-state index in [1.54, 1.807) is 0 Å². The molecule has 0 radical (unpaired) electrons. The van der Waals surface area contributed by atoms with Crippen LogP contribution < -0.4 is 16.0 Å². The molecule has 1 unspecified atom stereocenters. The highest BCUT2D eigenvalue weighted by Crippen LogP contribution is 2.18. The Hall–Kier alpha value is -2.32. The normalized spacial score (nSPS) is 15.0. The Morgan fingerprint density at radius 2 is 1.80 bits per heavy atom. The zero-order valence-corrected chi connectivity index (χ0v) is 10.7. The van der Waals surface area contributed by atoms with Crippen LogP contribution in [-0.4, -0.2) is 52.7 Å². The highest BCUT2D eigenvalue weighted by atomic mass is 16.4. The predicted molar refractivity (Wildman–Crippen MR) is 66.0 cm³/mol. The summed E-state index contributed by atoms with van der Waals surface area (Å²) in [6.45, 7) is 0.0454. The molecule has 3 amide bonds. The van der Waals surface area contributed by atoms with Crippen molar-refractivity contribution in [2.24, 2.45) is 0 Å². The lowest BCUT2D eigenvalue weighted by Gasteiger charge is -2.13. The van der Waals surface area contributed by atoms with Crippen LogP contribution in [0.3, 0.4) is 0 Å². The monoisotopic (exact) mass is 287 g/mol. The summed E-state index contributed by atoms with van der Waals surface area (Å²) in [7, 11) is 0. The third kappa shape index (κ3) is 6.57. The Bertz CT molecular complexity index is 407. The van der Waals surface area contributed by atoms with Crippen LogP contribution >= 0.6 is 0 Å². The molecule has 0 aromatic heterocycles. The number of urea groups is 1. The fraction of sp³-hybridized carbons (Fsp3) is 0.636. The SMILES string of the molecule is O=C(O)CC(NC(=O)NCCC(=O)NC1CC1)C(=O)O. The highest BCUT2D eigenvalue weighted by Gasteiger charge is 2.24. The number of carboxylic acids is 2. The summed E-state index contributed by atoms with van der Waals surface area (Å²) in [6.07, 6.45) is 1.30.